The van der Waals surface area contributed by atoms with Gasteiger partial charge in [-0.15, -0.1) is 0 Å². The van der Waals surface area contributed by atoms with E-state index in [-0.39, 0.29) is 13.1 Å². The van der Waals surface area contributed by atoms with Gasteiger partial charge in [0.15, 0.2) is 0 Å². The van der Waals surface area contributed by atoms with Gasteiger partial charge < -0.3 is 19.9 Å². The maximum Gasteiger partial charge on any atom is 0.407 e. The lowest BCUT2D eigenvalue weighted by Gasteiger charge is -2.26. The molecule has 0 bridgehead atoms. The smallest absolute Gasteiger partial charge is 0.407 e. The molecule has 0 saturated carbocycles. The average molecular weight is 309 g/mol. The van der Waals surface area contributed by atoms with Crippen molar-refractivity contribution in [3.05, 3.63) is 35.9 Å². The topological polar surface area (TPSA) is 84.9 Å². The Labute approximate surface area is 130 Å². The molecular formula is C16H23NO5. The van der Waals surface area contributed by atoms with Crippen LogP contribution < -0.4 is 5.32 Å². The Bertz CT molecular complexity index is 469. The minimum Gasteiger partial charge on any atom is -0.465 e. The zero-order valence-electron chi connectivity index (χ0n) is 13.1. The number of amides is 1. The van der Waals surface area contributed by atoms with Crippen LogP contribution in [-0.2, 0) is 20.7 Å². The first kappa shape index (κ1) is 18.0. The molecule has 0 spiro atoms. The van der Waals surface area contributed by atoms with Gasteiger partial charge >= 0.3 is 6.09 Å². The van der Waals surface area contributed by atoms with Crippen molar-refractivity contribution in [2.24, 2.45) is 0 Å². The molecule has 0 fully saturated rings. The molecule has 2 N–H and O–H groups in total. The summed E-state index contributed by atoms with van der Waals surface area (Å²) < 4.78 is 9.76. The van der Waals surface area contributed by atoms with Crippen molar-refractivity contribution >= 4 is 12.6 Å². The monoisotopic (exact) mass is 309 g/mol. The number of carbonyl (C=O) groups is 2. The van der Waals surface area contributed by atoms with E-state index in [1.165, 1.54) is 0 Å². The van der Waals surface area contributed by atoms with Gasteiger partial charge in [0.25, 0.3) is 6.47 Å². The zero-order valence-corrected chi connectivity index (χ0v) is 13.1. The standard InChI is InChI=1S/C16H23NO5/c1-16(2,3)22-15(20)17-13(14(19)10-21-11-18)9-12-7-5-4-6-8-12/h4-8,11,13-14,19H,9-10H2,1-3H3,(H,17,20)/t13-,14+/m0/s1. The van der Waals surface area contributed by atoms with E-state index in [9.17, 15) is 14.7 Å². The zero-order chi connectivity index (χ0) is 16.6. The van der Waals surface area contributed by atoms with Crippen molar-refractivity contribution in [2.45, 2.75) is 44.9 Å². The van der Waals surface area contributed by atoms with Crippen molar-refractivity contribution in [1.29, 1.82) is 0 Å². The van der Waals surface area contributed by atoms with Crippen LogP contribution in [0.15, 0.2) is 30.3 Å². The van der Waals surface area contributed by atoms with E-state index in [0.29, 0.717) is 6.42 Å². The van der Waals surface area contributed by atoms with Gasteiger partial charge in [0.1, 0.15) is 18.3 Å². The molecule has 122 valence electrons. The van der Waals surface area contributed by atoms with E-state index in [4.69, 9.17) is 4.74 Å². The maximum atomic E-state index is 11.9. The highest BCUT2D eigenvalue weighted by Crippen LogP contribution is 2.10. The molecule has 2 atom stereocenters. The molecular weight excluding hydrogens is 286 g/mol. The minimum absolute atomic E-state index is 0.198. The Morgan fingerprint density at radius 1 is 1.32 bits per heavy atom. The molecule has 0 unspecified atom stereocenters. The number of ether oxygens (including phenoxy) is 2. The largest absolute Gasteiger partial charge is 0.465 e. The number of hydrogen-bond donors (Lipinski definition) is 2. The van der Waals surface area contributed by atoms with Gasteiger partial charge in [0.05, 0.1) is 6.04 Å². The molecule has 0 aliphatic rings. The summed E-state index contributed by atoms with van der Waals surface area (Å²) in [7, 11) is 0. The molecule has 0 radical (unpaired) electrons. The van der Waals surface area contributed by atoms with Crippen molar-refractivity contribution in [2.75, 3.05) is 6.61 Å². The maximum absolute atomic E-state index is 11.9. The predicted octanol–water partition coefficient (Wildman–Crippen LogP) is 1.66. The lowest BCUT2D eigenvalue weighted by molar-refractivity contribution is -0.132. The fraction of sp³-hybridized carbons (Fsp3) is 0.500. The van der Waals surface area contributed by atoms with Crippen molar-refractivity contribution in [1.82, 2.24) is 5.32 Å². The van der Waals surface area contributed by atoms with Gasteiger partial charge in [0, 0.05) is 0 Å². The fourth-order valence-corrected chi connectivity index (χ4v) is 1.86. The summed E-state index contributed by atoms with van der Waals surface area (Å²) >= 11 is 0. The molecule has 0 saturated heterocycles. The summed E-state index contributed by atoms with van der Waals surface area (Å²) in [5, 5.41) is 12.7. The number of benzene rings is 1. The van der Waals surface area contributed by atoms with Gasteiger partial charge in [-0.05, 0) is 32.8 Å². The molecule has 0 heterocycles. The number of aliphatic hydroxyl groups is 1. The van der Waals surface area contributed by atoms with E-state index in [1.54, 1.807) is 20.8 Å². The van der Waals surface area contributed by atoms with Crippen molar-refractivity contribution in [3.8, 4) is 0 Å². The van der Waals surface area contributed by atoms with E-state index < -0.39 is 23.8 Å². The first-order valence-electron chi connectivity index (χ1n) is 7.08. The quantitative estimate of drug-likeness (QED) is 0.748. The van der Waals surface area contributed by atoms with Crippen LogP contribution in [-0.4, -0.2) is 42.0 Å². The Hall–Kier alpha value is -2.08. The third kappa shape index (κ3) is 7.08. The number of alkyl carbamates (subject to hydrolysis) is 1. The normalized spacial score (nSPS) is 13.8. The van der Waals surface area contributed by atoms with Crippen LogP contribution in [0.1, 0.15) is 26.3 Å². The molecule has 0 aliphatic heterocycles. The van der Waals surface area contributed by atoms with Crippen LogP contribution in [0.2, 0.25) is 0 Å². The lowest BCUT2D eigenvalue weighted by atomic mass is 10.0. The van der Waals surface area contributed by atoms with Gasteiger partial charge in [-0.25, -0.2) is 4.79 Å². The summed E-state index contributed by atoms with van der Waals surface area (Å²) in [5.74, 6) is 0. The first-order chi connectivity index (χ1) is 10.3. The van der Waals surface area contributed by atoms with E-state index in [1.807, 2.05) is 30.3 Å². The number of aliphatic hydroxyl groups excluding tert-OH is 1. The Morgan fingerprint density at radius 3 is 2.50 bits per heavy atom. The van der Waals surface area contributed by atoms with Crippen LogP contribution >= 0.6 is 0 Å². The van der Waals surface area contributed by atoms with Crippen LogP contribution in [0, 0.1) is 0 Å². The van der Waals surface area contributed by atoms with Crippen molar-refractivity contribution < 1.29 is 24.2 Å². The molecule has 6 nitrogen and oxygen atoms in total. The Balaban J connectivity index is 2.73. The summed E-state index contributed by atoms with van der Waals surface area (Å²) in [6.07, 6.45) is -1.26. The van der Waals surface area contributed by atoms with Crippen LogP contribution in [0.4, 0.5) is 4.79 Å². The fourth-order valence-electron chi connectivity index (χ4n) is 1.86. The number of hydrogen-bond acceptors (Lipinski definition) is 5. The SMILES string of the molecule is CC(C)(C)OC(=O)N[C@@H](Cc1ccccc1)[C@H](O)COC=O. The molecule has 0 aliphatic carbocycles. The number of rotatable bonds is 7. The van der Waals surface area contributed by atoms with Gasteiger partial charge in [0.2, 0.25) is 0 Å². The Kier molecular flexibility index (Phi) is 6.85. The van der Waals surface area contributed by atoms with Gasteiger partial charge in [-0.2, -0.15) is 0 Å². The first-order valence-corrected chi connectivity index (χ1v) is 7.08. The third-order valence-electron chi connectivity index (χ3n) is 2.80. The van der Waals surface area contributed by atoms with Crippen molar-refractivity contribution in [3.63, 3.8) is 0 Å². The van der Waals surface area contributed by atoms with E-state index in [2.05, 4.69) is 10.1 Å². The summed E-state index contributed by atoms with van der Waals surface area (Å²) in [6.45, 7) is 5.33. The van der Waals surface area contributed by atoms with Gasteiger partial charge in [-0.3, -0.25) is 4.79 Å². The highest BCUT2D eigenvalue weighted by atomic mass is 16.6. The minimum atomic E-state index is -1.03. The second-order valence-corrected chi connectivity index (χ2v) is 5.94. The molecule has 1 aromatic carbocycles. The summed E-state index contributed by atoms with van der Waals surface area (Å²) in [6, 6.07) is 8.76. The summed E-state index contributed by atoms with van der Waals surface area (Å²) in [4.78, 5) is 22.1. The average Bonchev–Trinajstić information content (AvgIpc) is 2.43. The number of nitrogens with one attached hydrogen (secondary N) is 1. The molecule has 6 heteroatoms. The molecule has 1 rings (SSSR count). The van der Waals surface area contributed by atoms with Crippen LogP contribution in [0.25, 0.3) is 0 Å². The van der Waals surface area contributed by atoms with Crippen LogP contribution in [0.5, 0.6) is 0 Å². The predicted molar refractivity (Wildman–Crippen MR) is 81.3 cm³/mol. The second-order valence-electron chi connectivity index (χ2n) is 5.94. The van der Waals surface area contributed by atoms with E-state index >= 15 is 0 Å². The lowest BCUT2D eigenvalue weighted by Crippen LogP contribution is -2.48. The summed E-state index contributed by atoms with van der Waals surface area (Å²) in [5.41, 5.74) is 0.305. The molecule has 1 amide bonds. The Morgan fingerprint density at radius 2 is 1.95 bits per heavy atom. The third-order valence-corrected chi connectivity index (χ3v) is 2.80. The molecule has 1 aromatic rings. The van der Waals surface area contributed by atoms with Crippen LogP contribution in [0.3, 0.4) is 0 Å². The highest BCUT2D eigenvalue weighted by Gasteiger charge is 2.25. The molecule has 22 heavy (non-hydrogen) atoms. The van der Waals surface area contributed by atoms with Gasteiger partial charge in [-0.1, -0.05) is 30.3 Å². The second kappa shape index (κ2) is 8.38. The molecule has 0 aromatic heterocycles. The number of carbonyl (C=O) groups excluding carboxylic acids is 2. The van der Waals surface area contributed by atoms with E-state index in [0.717, 1.165) is 5.56 Å². The highest BCUT2D eigenvalue weighted by molar-refractivity contribution is 5.68.